The summed E-state index contributed by atoms with van der Waals surface area (Å²) >= 11 is 0. The fourth-order valence-electron chi connectivity index (χ4n) is 0.0781. The molecule has 8 heavy (non-hydrogen) atoms. The monoisotopic (exact) mass is 148 g/mol. The van der Waals surface area contributed by atoms with Gasteiger partial charge >= 0.3 is 43.7 Å². The van der Waals surface area contributed by atoms with Crippen LogP contribution in [0.4, 0.5) is 0 Å². The number of rotatable bonds is 2. The number of aliphatic hydroxyl groups is 2. The van der Waals surface area contributed by atoms with E-state index in [9.17, 15) is 4.79 Å². The summed E-state index contributed by atoms with van der Waals surface area (Å²) in [7, 11) is 0. The Kier molecular flexibility index (Phi) is 8.27. The number of aliphatic hydroxyl groups excluding tert-OH is 2. The van der Waals surface area contributed by atoms with Gasteiger partial charge in [0.25, 0.3) is 0 Å². The van der Waals surface area contributed by atoms with Gasteiger partial charge in [0.05, 0.1) is 6.61 Å². The van der Waals surface area contributed by atoms with Crippen molar-refractivity contribution in [1.29, 1.82) is 0 Å². The molecule has 0 aliphatic rings. The van der Waals surface area contributed by atoms with Crippen LogP contribution < -0.4 is 0 Å². The molecule has 0 aliphatic heterocycles. The van der Waals surface area contributed by atoms with Crippen LogP contribution in [0.25, 0.3) is 0 Å². The minimum atomic E-state index is -1.63. The summed E-state index contributed by atoms with van der Waals surface area (Å²) in [6, 6.07) is 0. The molecule has 0 heterocycles. The molecule has 0 aliphatic carbocycles. The molecule has 0 aromatic rings. The van der Waals surface area contributed by atoms with Crippen LogP contribution in [0.15, 0.2) is 0 Å². The van der Waals surface area contributed by atoms with Crippen LogP contribution in [0.3, 0.4) is 0 Å². The Labute approximate surface area is 76.1 Å². The van der Waals surface area contributed by atoms with Crippen LogP contribution in [0, 0.1) is 0 Å². The van der Waals surface area contributed by atoms with E-state index >= 15 is 0 Å². The van der Waals surface area contributed by atoms with Crippen molar-refractivity contribution in [1.82, 2.24) is 0 Å². The van der Waals surface area contributed by atoms with Gasteiger partial charge in [0.15, 0.2) is 6.10 Å². The SMILES string of the molecule is O=C(O)C(O)CO.[CaH2]. The minimum absolute atomic E-state index is 0. The van der Waals surface area contributed by atoms with E-state index < -0.39 is 18.7 Å². The zero-order valence-electron chi connectivity index (χ0n) is 3.53. The number of hydrogen-bond donors (Lipinski definition) is 3. The van der Waals surface area contributed by atoms with E-state index in [4.69, 9.17) is 15.3 Å². The normalized spacial score (nSPS) is 11.8. The van der Waals surface area contributed by atoms with Crippen molar-refractivity contribution in [2.24, 2.45) is 0 Å². The molecule has 0 fully saturated rings. The zero-order valence-corrected chi connectivity index (χ0v) is 3.53. The van der Waals surface area contributed by atoms with Gasteiger partial charge in [-0.1, -0.05) is 0 Å². The van der Waals surface area contributed by atoms with Gasteiger partial charge in [-0.2, -0.15) is 0 Å². The Balaban J connectivity index is 0. The van der Waals surface area contributed by atoms with Gasteiger partial charge in [0.2, 0.25) is 0 Å². The molecule has 0 bridgehead atoms. The van der Waals surface area contributed by atoms with E-state index in [1.807, 2.05) is 0 Å². The topological polar surface area (TPSA) is 77.8 Å². The molecule has 0 saturated carbocycles. The predicted octanol–water partition coefficient (Wildman–Crippen LogP) is -2.49. The molecule has 0 aromatic carbocycles. The average molecular weight is 148 g/mol. The van der Waals surface area contributed by atoms with Gasteiger partial charge in [0.1, 0.15) is 0 Å². The first-order chi connectivity index (χ1) is 3.18. The van der Waals surface area contributed by atoms with Crippen molar-refractivity contribution in [2.45, 2.75) is 6.10 Å². The van der Waals surface area contributed by atoms with Crippen LogP contribution in [-0.2, 0) is 4.79 Å². The van der Waals surface area contributed by atoms with Crippen molar-refractivity contribution in [3.05, 3.63) is 0 Å². The van der Waals surface area contributed by atoms with E-state index in [0.717, 1.165) is 0 Å². The van der Waals surface area contributed by atoms with E-state index in [1.165, 1.54) is 0 Å². The molecule has 0 amide bonds. The van der Waals surface area contributed by atoms with Crippen LogP contribution >= 0.6 is 0 Å². The number of hydrogen-bond acceptors (Lipinski definition) is 3. The van der Waals surface area contributed by atoms with E-state index in [2.05, 4.69) is 0 Å². The molecule has 1 unspecified atom stereocenters. The molecule has 0 saturated heterocycles. The second-order valence-electron chi connectivity index (χ2n) is 1.04. The maximum atomic E-state index is 9.52. The molecule has 4 nitrogen and oxygen atoms in total. The summed E-state index contributed by atoms with van der Waals surface area (Å²) in [5.41, 5.74) is 0. The van der Waals surface area contributed by atoms with Crippen molar-refractivity contribution in [3.63, 3.8) is 0 Å². The van der Waals surface area contributed by atoms with Crippen molar-refractivity contribution in [3.8, 4) is 0 Å². The number of carboxylic acids is 1. The molecular formula is C3H8CaO4. The third-order valence-electron chi connectivity index (χ3n) is 0.458. The van der Waals surface area contributed by atoms with Crippen molar-refractivity contribution >= 4 is 43.7 Å². The summed E-state index contributed by atoms with van der Waals surface area (Å²) in [6.07, 6.45) is -1.63. The van der Waals surface area contributed by atoms with Crippen LogP contribution in [0.5, 0.6) is 0 Å². The van der Waals surface area contributed by atoms with Gasteiger partial charge in [-0.15, -0.1) is 0 Å². The first-order valence-electron chi connectivity index (χ1n) is 1.70. The molecule has 0 aromatic heterocycles. The van der Waals surface area contributed by atoms with Gasteiger partial charge in [0, 0.05) is 0 Å². The summed E-state index contributed by atoms with van der Waals surface area (Å²) in [6.45, 7) is -0.727. The maximum absolute atomic E-state index is 9.52. The number of carboxylic acid groups (broad SMARTS) is 1. The van der Waals surface area contributed by atoms with Crippen LogP contribution in [0.1, 0.15) is 0 Å². The third kappa shape index (κ3) is 4.80. The number of carbonyl (C=O) groups is 1. The summed E-state index contributed by atoms with van der Waals surface area (Å²) in [5, 5.41) is 23.7. The zero-order chi connectivity index (χ0) is 5.86. The van der Waals surface area contributed by atoms with Crippen LogP contribution in [-0.4, -0.2) is 71.7 Å². The standard InChI is InChI=1S/C3H6O4.Ca.2H/c4-1-2(5)3(6)7;;;/h2,4-5H,1H2,(H,6,7);;;. The molecule has 3 N–H and O–H groups in total. The summed E-state index contributed by atoms with van der Waals surface area (Å²) < 4.78 is 0. The Hall–Kier alpha value is 0.650. The molecule has 0 spiro atoms. The first-order valence-corrected chi connectivity index (χ1v) is 1.70. The van der Waals surface area contributed by atoms with E-state index in [1.54, 1.807) is 0 Å². The molecule has 0 radical (unpaired) electrons. The van der Waals surface area contributed by atoms with Gasteiger partial charge < -0.3 is 15.3 Å². The third-order valence-corrected chi connectivity index (χ3v) is 0.458. The Morgan fingerprint density at radius 1 is 1.62 bits per heavy atom. The van der Waals surface area contributed by atoms with Crippen LogP contribution in [0.2, 0.25) is 0 Å². The second-order valence-corrected chi connectivity index (χ2v) is 1.04. The van der Waals surface area contributed by atoms with E-state index in [-0.39, 0.29) is 37.7 Å². The fraction of sp³-hybridized carbons (Fsp3) is 0.667. The molecule has 46 valence electrons. The second kappa shape index (κ2) is 5.78. The van der Waals surface area contributed by atoms with E-state index in [0.29, 0.717) is 0 Å². The van der Waals surface area contributed by atoms with Gasteiger partial charge in [-0.05, 0) is 0 Å². The first kappa shape index (κ1) is 11.4. The predicted molar refractivity (Wildman–Crippen MR) is 29.3 cm³/mol. The van der Waals surface area contributed by atoms with Gasteiger partial charge in [-0.3, -0.25) is 0 Å². The molecule has 1 atom stereocenters. The fourth-order valence-corrected chi connectivity index (χ4v) is 0.0781. The quantitative estimate of drug-likeness (QED) is 0.378. The summed E-state index contributed by atoms with van der Waals surface area (Å²) in [5.74, 6) is -1.40. The molecule has 0 rings (SSSR count). The summed E-state index contributed by atoms with van der Waals surface area (Å²) in [4.78, 5) is 9.52. The Morgan fingerprint density at radius 3 is 2.00 bits per heavy atom. The number of aliphatic carboxylic acids is 1. The Morgan fingerprint density at radius 2 is 2.00 bits per heavy atom. The van der Waals surface area contributed by atoms with Gasteiger partial charge in [-0.25, -0.2) is 4.79 Å². The molecular weight excluding hydrogens is 140 g/mol. The van der Waals surface area contributed by atoms with Crippen molar-refractivity contribution < 1.29 is 20.1 Å². The van der Waals surface area contributed by atoms with Crippen molar-refractivity contribution in [2.75, 3.05) is 6.61 Å². The Bertz CT molecular complexity index is 73.7. The average Bonchev–Trinajstić information content (AvgIpc) is 1.65. The molecule has 5 heteroatoms.